The number of carbonyl (C=O) groups is 2. The molecule has 2 aliphatic rings. The Kier molecular flexibility index (Phi) is 9.83. The molecule has 3 N–H and O–H groups in total. The molecule has 0 radical (unpaired) electrons. The molecule has 1 saturated heterocycles. The van der Waals surface area contributed by atoms with Crippen LogP contribution in [0.2, 0.25) is 10.0 Å². The quantitative estimate of drug-likeness (QED) is 0.297. The Morgan fingerprint density at radius 3 is 2.32 bits per heavy atom. The highest BCUT2D eigenvalue weighted by atomic mass is 35.5. The van der Waals surface area contributed by atoms with E-state index in [1.807, 2.05) is 13.8 Å². The Morgan fingerprint density at radius 2 is 1.66 bits per heavy atom. The molecule has 1 atom stereocenters. The minimum Gasteiger partial charge on any atom is -0.325 e. The van der Waals surface area contributed by atoms with Crippen molar-refractivity contribution in [3.8, 4) is 0 Å². The number of hydrogen-bond donors (Lipinski definition) is 3. The summed E-state index contributed by atoms with van der Waals surface area (Å²) in [5.74, 6) is -0.706. The molecule has 3 aromatic carbocycles. The zero-order valence-electron chi connectivity index (χ0n) is 24.6. The first-order valence-electron chi connectivity index (χ1n) is 14.6. The minimum atomic E-state index is -4.41. The highest BCUT2D eigenvalue weighted by Crippen LogP contribution is 2.49. The van der Waals surface area contributed by atoms with Gasteiger partial charge in [0.2, 0.25) is 0 Å². The predicted molar refractivity (Wildman–Crippen MR) is 174 cm³/mol. The molecule has 1 fully saturated rings. The van der Waals surface area contributed by atoms with Gasteiger partial charge in [-0.15, -0.1) is 0 Å². The molecule has 5 rings (SSSR count). The Morgan fingerprint density at radius 1 is 0.977 bits per heavy atom. The van der Waals surface area contributed by atoms with Crippen molar-refractivity contribution in [3.63, 3.8) is 0 Å². The average Bonchev–Trinajstić information content (AvgIpc) is 3.26. The third kappa shape index (κ3) is 6.04. The fourth-order valence-electron chi connectivity index (χ4n) is 5.76. The van der Waals surface area contributed by atoms with E-state index >= 15 is 0 Å². The van der Waals surface area contributed by atoms with Crippen molar-refractivity contribution in [2.75, 3.05) is 62.0 Å². The van der Waals surface area contributed by atoms with Crippen molar-refractivity contribution in [1.82, 2.24) is 20.4 Å². The van der Waals surface area contributed by atoms with E-state index in [4.69, 9.17) is 23.2 Å². The third-order valence-electron chi connectivity index (χ3n) is 8.09. The van der Waals surface area contributed by atoms with Crippen molar-refractivity contribution < 1.29 is 18.0 Å². The van der Waals surface area contributed by atoms with Gasteiger partial charge in [0.25, 0.3) is 15.9 Å². The van der Waals surface area contributed by atoms with E-state index in [1.54, 1.807) is 47.4 Å². The van der Waals surface area contributed by atoms with E-state index in [0.29, 0.717) is 53.0 Å². The molecule has 0 saturated carbocycles. The molecular formula is C31H36Cl2N6O4S. The van der Waals surface area contributed by atoms with Gasteiger partial charge < -0.3 is 15.5 Å². The topological polar surface area (TPSA) is 114 Å². The minimum absolute atomic E-state index is 0.108. The van der Waals surface area contributed by atoms with Crippen LogP contribution in [0, 0.1) is 0 Å². The number of benzene rings is 3. The van der Waals surface area contributed by atoms with E-state index in [1.165, 1.54) is 24.3 Å². The molecule has 44 heavy (non-hydrogen) atoms. The van der Waals surface area contributed by atoms with E-state index < -0.39 is 21.5 Å². The SMILES string of the molecule is CCN(CC)C(=O)Nc1ccc(S(=O)(=O)N2C(=O)C(NCCN3CCNCC3)(c3ccccc3Cl)c3cc(Cl)ccc32)cc1. The molecule has 0 spiro atoms. The van der Waals surface area contributed by atoms with Crippen LogP contribution >= 0.6 is 23.2 Å². The van der Waals surface area contributed by atoms with Gasteiger partial charge >= 0.3 is 6.03 Å². The molecule has 2 heterocycles. The van der Waals surface area contributed by atoms with Crippen LogP contribution in [0.25, 0.3) is 0 Å². The average molecular weight is 660 g/mol. The zero-order valence-corrected chi connectivity index (χ0v) is 27.0. The number of urea groups is 1. The van der Waals surface area contributed by atoms with Crippen LogP contribution in [-0.4, -0.2) is 82.5 Å². The molecule has 0 aliphatic carbocycles. The van der Waals surface area contributed by atoms with Crippen LogP contribution in [0.15, 0.2) is 71.6 Å². The molecule has 0 bridgehead atoms. The number of sulfonamides is 1. The smallest absolute Gasteiger partial charge is 0.321 e. The normalized spacial score (nSPS) is 18.7. The number of rotatable bonds is 10. The number of piperazine rings is 1. The van der Waals surface area contributed by atoms with Crippen LogP contribution in [0.5, 0.6) is 0 Å². The van der Waals surface area contributed by atoms with E-state index in [0.717, 1.165) is 30.5 Å². The molecule has 234 valence electrons. The third-order valence-corrected chi connectivity index (χ3v) is 10.4. The molecule has 1 unspecified atom stereocenters. The van der Waals surface area contributed by atoms with Gasteiger partial charge in [-0.2, -0.15) is 0 Å². The molecule has 3 amide bonds. The first-order chi connectivity index (χ1) is 21.1. The molecule has 13 heteroatoms. The van der Waals surface area contributed by atoms with Crippen molar-refractivity contribution in [2.45, 2.75) is 24.3 Å². The summed E-state index contributed by atoms with van der Waals surface area (Å²) >= 11 is 13.2. The lowest BCUT2D eigenvalue weighted by molar-refractivity contribution is -0.121. The fourth-order valence-corrected chi connectivity index (χ4v) is 7.67. The van der Waals surface area contributed by atoms with Crippen molar-refractivity contribution >= 4 is 56.5 Å². The van der Waals surface area contributed by atoms with Crippen LogP contribution < -0.4 is 20.3 Å². The van der Waals surface area contributed by atoms with Crippen molar-refractivity contribution in [3.05, 3.63) is 87.9 Å². The highest BCUT2D eigenvalue weighted by molar-refractivity contribution is 7.93. The molecule has 0 aromatic heterocycles. The predicted octanol–water partition coefficient (Wildman–Crippen LogP) is 4.34. The maximum Gasteiger partial charge on any atom is 0.321 e. The summed E-state index contributed by atoms with van der Waals surface area (Å²) in [6.07, 6.45) is 0. The Bertz CT molecular complexity index is 1630. The van der Waals surface area contributed by atoms with Crippen LogP contribution in [-0.2, 0) is 20.4 Å². The number of halogens is 2. The highest BCUT2D eigenvalue weighted by Gasteiger charge is 2.56. The largest absolute Gasteiger partial charge is 0.325 e. The Labute approximate surface area is 268 Å². The van der Waals surface area contributed by atoms with Gasteiger partial charge in [0, 0.05) is 79.2 Å². The molecule has 3 aromatic rings. The lowest BCUT2D eigenvalue weighted by Crippen LogP contribution is -2.55. The monoisotopic (exact) mass is 658 g/mol. The maximum atomic E-state index is 14.7. The van der Waals surface area contributed by atoms with E-state index in [-0.39, 0.29) is 16.6 Å². The Balaban J connectivity index is 1.54. The number of amides is 3. The summed E-state index contributed by atoms with van der Waals surface area (Å²) in [6, 6.07) is 17.1. The number of carbonyl (C=O) groups excluding carboxylic acids is 2. The molecule has 10 nitrogen and oxygen atoms in total. The van der Waals surface area contributed by atoms with Gasteiger partial charge in [0.1, 0.15) is 0 Å². The number of anilines is 2. The van der Waals surface area contributed by atoms with Crippen LogP contribution in [0.1, 0.15) is 25.0 Å². The number of nitrogens with one attached hydrogen (secondary N) is 3. The lowest BCUT2D eigenvalue weighted by atomic mass is 9.83. The standard InChI is InChI=1S/C31H36Cl2N6O4S/c1-3-38(4-2)30(41)36-23-10-12-24(13-11-23)44(42,43)39-28-14-9-22(32)21-26(28)31(29(39)40,25-7-5-6-8-27(25)33)35-17-20-37-18-15-34-16-19-37/h5-14,21,34-35H,3-4,15-20H2,1-2H3,(H,36,41). The first-order valence-corrected chi connectivity index (χ1v) is 16.8. The van der Waals surface area contributed by atoms with Gasteiger partial charge in [-0.1, -0.05) is 41.4 Å². The van der Waals surface area contributed by atoms with Gasteiger partial charge in [-0.3, -0.25) is 15.0 Å². The zero-order chi connectivity index (χ0) is 31.5. The lowest BCUT2D eigenvalue weighted by Gasteiger charge is -2.33. The summed E-state index contributed by atoms with van der Waals surface area (Å²) in [6.45, 7) is 9.32. The summed E-state index contributed by atoms with van der Waals surface area (Å²) in [4.78, 5) is 31.0. The second-order valence-corrected chi connectivity index (χ2v) is 13.2. The van der Waals surface area contributed by atoms with Crippen LogP contribution in [0.4, 0.5) is 16.2 Å². The molecular weight excluding hydrogens is 623 g/mol. The maximum absolute atomic E-state index is 14.7. The summed E-state index contributed by atoms with van der Waals surface area (Å²) in [5, 5.41) is 10.2. The summed E-state index contributed by atoms with van der Waals surface area (Å²) in [7, 11) is -4.41. The second kappa shape index (κ2) is 13.4. The number of nitrogens with zero attached hydrogens (tertiary/aromatic N) is 3. The van der Waals surface area contributed by atoms with Crippen LogP contribution in [0.3, 0.4) is 0 Å². The second-order valence-electron chi connectivity index (χ2n) is 10.6. The number of hydrogen-bond acceptors (Lipinski definition) is 7. The van der Waals surface area contributed by atoms with Crippen molar-refractivity contribution in [1.29, 1.82) is 0 Å². The van der Waals surface area contributed by atoms with Gasteiger partial charge in [-0.25, -0.2) is 17.5 Å². The van der Waals surface area contributed by atoms with Crippen molar-refractivity contribution in [2.24, 2.45) is 0 Å². The fraction of sp³-hybridized carbons (Fsp3) is 0.355. The Hall–Kier alpha value is -3.19. The van der Waals surface area contributed by atoms with E-state index in [9.17, 15) is 18.0 Å². The number of fused-ring (bicyclic) bond motifs is 1. The van der Waals surface area contributed by atoms with Gasteiger partial charge in [0.05, 0.1) is 10.6 Å². The first kappa shape index (κ1) is 32.2. The summed E-state index contributed by atoms with van der Waals surface area (Å²) in [5.41, 5.74) is -0.163. The molecule has 2 aliphatic heterocycles. The van der Waals surface area contributed by atoms with Gasteiger partial charge in [0.15, 0.2) is 5.54 Å². The summed E-state index contributed by atoms with van der Waals surface area (Å²) < 4.78 is 29.3. The van der Waals surface area contributed by atoms with Gasteiger partial charge in [-0.05, 0) is 62.4 Å². The van der Waals surface area contributed by atoms with E-state index in [2.05, 4.69) is 20.9 Å².